The van der Waals surface area contributed by atoms with Crippen molar-refractivity contribution in [3.63, 3.8) is 0 Å². The minimum absolute atomic E-state index is 0.00356. The van der Waals surface area contributed by atoms with Gasteiger partial charge < -0.3 is 9.47 Å². The average molecular weight is 591 g/mol. The molecule has 0 aliphatic carbocycles. The van der Waals surface area contributed by atoms with Gasteiger partial charge in [0.1, 0.15) is 0 Å². The quantitative estimate of drug-likeness (QED) is 0.0312. The summed E-state index contributed by atoms with van der Waals surface area (Å²) in [4.78, 5) is 0. The molecule has 0 unspecified atom stereocenters. The second kappa shape index (κ2) is 31.2. The van der Waals surface area contributed by atoms with E-state index in [0.717, 1.165) is 32.5 Å². The third-order valence-electron chi connectivity index (χ3n) is 6.41. The fourth-order valence-corrected chi connectivity index (χ4v) is 4.53. The maximum absolute atomic E-state index is 6.18. The molecule has 0 aliphatic rings. The molecule has 0 aromatic rings. The van der Waals surface area contributed by atoms with E-state index in [-0.39, 0.29) is 6.29 Å². The molecular formula is C31H59IO2. The molecule has 0 spiro atoms. The Balaban J connectivity index is 3.92. The van der Waals surface area contributed by atoms with E-state index in [0.29, 0.717) is 0 Å². The Morgan fingerprint density at radius 1 is 0.500 bits per heavy atom. The number of unbranched alkanes of at least 4 members (excludes halogenated alkanes) is 18. The standard InChI is InChI=1S/C31H59IO2/c1-3-5-7-9-11-17-21-25-29-33-31(27-23-19-15-13-14-16-20-24-28-32)34-30-26-22-18-12-10-8-6-4-2/h31H,3-13,15,17-30H2,1-2H3. The van der Waals surface area contributed by atoms with E-state index in [9.17, 15) is 0 Å². The van der Waals surface area contributed by atoms with Crippen LogP contribution in [0.2, 0.25) is 0 Å². The predicted molar refractivity (Wildman–Crippen MR) is 160 cm³/mol. The number of rotatable bonds is 27. The van der Waals surface area contributed by atoms with Gasteiger partial charge in [-0.15, -0.1) is 11.8 Å². The van der Waals surface area contributed by atoms with Gasteiger partial charge in [0.2, 0.25) is 0 Å². The van der Waals surface area contributed by atoms with Gasteiger partial charge in [0.05, 0.1) is 0 Å². The number of ether oxygens (including phenoxy) is 2. The van der Waals surface area contributed by atoms with Gasteiger partial charge in [-0.1, -0.05) is 133 Å². The Morgan fingerprint density at radius 3 is 1.38 bits per heavy atom. The number of hydrogen-bond acceptors (Lipinski definition) is 2. The van der Waals surface area contributed by atoms with Crippen LogP contribution in [0.5, 0.6) is 0 Å². The summed E-state index contributed by atoms with van der Waals surface area (Å²) in [5.74, 6) is 6.63. The first-order valence-electron chi connectivity index (χ1n) is 15.1. The fraction of sp³-hybridized carbons (Fsp3) is 0.935. The molecule has 34 heavy (non-hydrogen) atoms. The summed E-state index contributed by atoms with van der Waals surface area (Å²) in [6, 6.07) is 0. The lowest BCUT2D eigenvalue weighted by Gasteiger charge is -2.19. The molecule has 0 fully saturated rings. The minimum atomic E-state index is 0.00356. The molecule has 0 aromatic heterocycles. The van der Waals surface area contributed by atoms with E-state index in [2.05, 4.69) is 48.3 Å². The first kappa shape index (κ1) is 34.2. The highest BCUT2D eigenvalue weighted by atomic mass is 127. The van der Waals surface area contributed by atoms with Gasteiger partial charge in [-0.05, 0) is 38.5 Å². The van der Waals surface area contributed by atoms with Crippen LogP contribution in [0.15, 0.2) is 0 Å². The van der Waals surface area contributed by atoms with Crippen LogP contribution in [0.25, 0.3) is 0 Å². The van der Waals surface area contributed by atoms with Crippen LogP contribution in [0.3, 0.4) is 0 Å². The van der Waals surface area contributed by atoms with Gasteiger partial charge in [0.15, 0.2) is 6.29 Å². The van der Waals surface area contributed by atoms with Crippen LogP contribution in [-0.2, 0) is 9.47 Å². The second-order valence-corrected chi connectivity index (χ2v) is 10.9. The first-order valence-corrected chi connectivity index (χ1v) is 16.6. The summed E-state index contributed by atoms with van der Waals surface area (Å²) < 4.78 is 13.6. The maximum Gasteiger partial charge on any atom is 0.157 e. The van der Waals surface area contributed by atoms with Crippen LogP contribution in [0.1, 0.15) is 162 Å². The molecule has 0 atom stereocenters. The molecule has 0 aliphatic heterocycles. The molecule has 0 N–H and O–H groups in total. The second-order valence-electron chi connectivity index (χ2n) is 9.87. The highest BCUT2D eigenvalue weighted by molar-refractivity contribution is 14.1. The SMILES string of the molecule is CCCCCCCCCCOC(CCCCCC#CCCCI)OCCCCCCCCCC. The van der Waals surface area contributed by atoms with E-state index in [1.54, 1.807) is 0 Å². The Kier molecular flexibility index (Phi) is 31.4. The summed E-state index contributed by atoms with van der Waals surface area (Å²) in [6.07, 6.45) is 29.5. The van der Waals surface area contributed by atoms with Crippen molar-refractivity contribution in [2.24, 2.45) is 0 Å². The van der Waals surface area contributed by atoms with Crippen molar-refractivity contribution in [2.75, 3.05) is 17.6 Å². The van der Waals surface area contributed by atoms with Crippen molar-refractivity contribution in [2.45, 2.75) is 168 Å². The Labute approximate surface area is 228 Å². The summed E-state index contributed by atoms with van der Waals surface area (Å²) in [7, 11) is 0. The summed E-state index contributed by atoms with van der Waals surface area (Å²) in [5.41, 5.74) is 0. The van der Waals surface area contributed by atoms with Crippen molar-refractivity contribution in [3.05, 3.63) is 0 Å². The zero-order valence-corrected chi connectivity index (χ0v) is 25.3. The van der Waals surface area contributed by atoms with Gasteiger partial charge in [-0.2, -0.15) is 0 Å². The van der Waals surface area contributed by atoms with Crippen molar-refractivity contribution >= 4 is 22.6 Å². The highest BCUT2D eigenvalue weighted by Gasteiger charge is 2.09. The smallest absolute Gasteiger partial charge is 0.157 e. The monoisotopic (exact) mass is 590 g/mol. The largest absolute Gasteiger partial charge is 0.353 e. The Morgan fingerprint density at radius 2 is 0.912 bits per heavy atom. The maximum atomic E-state index is 6.18. The molecule has 0 heterocycles. The first-order chi connectivity index (χ1) is 16.8. The molecule has 0 rings (SSSR count). The molecule has 0 aromatic carbocycles. The van der Waals surface area contributed by atoms with E-state index in [1.807, 2.05) is 0 Å². The van der Waals surface area contributed by atoms with Gasteiger partial charge in [0.25, 0.3) is 0 Å². The van der Waals surface area contributed by atoms with Crippen LogP contribution >= 0.6 is 22.6 Å². The summed E-state index contributed by atoms with van der Waals surface area (Å²) in [5, 5.41) is 0. The summed E-state index contributed by atoms with van der Waals surface area (Å²) in [6.45, 7) is 6.29. The van der Waals surface area contributed by atoms with Gasteiger partial charge in [-0.25, -0.2) is 0 Å². The zero-order chi connectivity index (χ0) is 24.8. The average Bonchev–Trinajstić information content (AvgIpc) is 2.85. The third kappa shape index (κ3) is 28.4. The number of hydrogen-bond donors (Lipinski definition) is 0. The lowest BCUT2D eigenvalue weighted by molar-refractivity contribution is -0.148. The van der Waals surface area contributed by atoms with E-state index < -0.39 is 0 Å². The Hall–Kier alpha value is 0.210. The summed E-state index contributed by atoms with van der Waals surface area (Å²) >= 11 is 2.42. The lowest BCUT2D eigenvalue weighted by Crippen LogP contribution is -2.19. The van der Waals surface area contributed by atoms with E-state index in [4.69, 9.17) is 9.47 Å². The van der Waals surface area contributed by atoms with Gasteiger partial charge in [-0.3, -0.25) is 0 Å². The van der Waals surface area contributed by atoms with Crippen LogP contribution in [0, 0.1) is 11.8 Å². The number of alkyl halides is 1. The molecule has 0 bridgehead atoms. The van der Waals surface area contributed by atoms with Crippen molar-refractivity contribution in [1.82, 2.24) is 0 Å². The molecule has 2 nitrogen and oxygen atoms in total. The molecule has 0 amide bonds. The van der Waals surface area contributed by atoms with Crippen molar-refractivity contribution < 1.29 is 9.47 Å². The molecular weight excluding hydrogens is 531 g/mol. The molecule has 0 radical (unpaired) electrons. The fourth-order valence-electron chi connectivity index (χ4n) is 4.15. The molecule has 202 valence electrons. The predicted octanol–water partition coefficient (Wildman–Crippen LogP) is 10.8. The van der Waals surface area contributed by atoms with Gasteiger partial charge >= 0.3 is 0 Å². The molecule has 3 heteroatoms. The topological polar surface area (TPSA) is 18.5 Å². The van der Waals surface area contributed by atoms with Crippen LogP contribution in [-0.4, -0.2) is 23.9 Å². The normalized spacial score (nSPS) is 11.2. The number of halogens is 1. The van der Waals surface area contributed by atoms with Crippen LogP contribution < -0.4 is 0 Å². The molecule has 0 saturated carbocycles. The van der Waals surface area contributed by atoms with E-state index >= 15 is 0 Å². The Bertz CT molecular complexity index is 407. The zero-order valence-electron chi connectivity index (χ0n) is 23.2. The van der Waals surface area contributed by atoms with Crippen molar-refractivity contribution in [1.29, 1.82) is 0 Å². The lowest BCUT2D eigenvalue weighted by atomic mass is 10.1. The minimum Gasteiger partial charge on any atom is -0.353 e. The van der Waals surface area contributed by atoms with Crippen LogP contribution in [0.4, 0.5) is 0 Å². The van der Waals surface area contributed by atoms with Crippen molar-refractivity contribution in [3.8, 4) is 11.8 Å². The van der Waals surface area contributed by atoms with E-state index in [1.165, 1.54) is 133 Å². The molecule has 0 saturated heterocycles. The van der Waals surface area contributed by atoms with Gasteiger partial charge in [0, 0.05) is 30.5 Å². The highest BCUT2D eigenvalue weighted by Crippen LogP contribution is 2.14. The third-order valence-corrected chi connectivity index (χ3v) is 7.17.